The van der Waals surface area contributed by atoms with Gasteiger partial charge in [-0.2, -0.15) is 5.10 Å². The minimum atomic E-state index is 0.664. The number of benzene rings is 1. The summed E-state index contributed by atoms with van der Waals surface area (Å²) in [5.41, 5.74) is 2.53. The van der Waals surface area contributed by atoms with Crippen molar-refractivity contribution in [2.75, 3.05) is 33.2 Å². The number of guanidine groups is 1. The van der Waals surface area contributed by atoms with E-state index in [4.69, 9.17) is 16.6 Å². The summed E-state index contributed by atoms with van der Waals surface area (Å²) in [6.07, 6.45) is 0. The van der Waals surface area contributed by atoms with Gasteiger partial charge in [-0.05, 0) is 25.2 Å². The van der Waals surface area contributed by atoms with Gasteiger partial charge in [-0.25, -0.2) is 10.0 Å². The Balaban J connectivity index is 2.00. The van der Waals surface area contributed by atoms with Crippen LogP contribution in [0.3, 0.4) is 0 Å². The Kier molecular flexibility index (Phi) is 3.69. The lowest BCUT2D eigenvalue weighted by Gasteiger charge is -2.39. The van der Waals surface area contributed by atoms with Crippen LogP contribution in [0.2, 0.25) is 5.02 Å². The highest BCUT2D eigenvalue weighted by Gasteiger charge is 2.29. The molecule has 21 heavy (non-hydrogen) atoms. The summed E-state index contributed by atoms with van der Waals surface area (Å²) in [7, 11) is 2.12. The average Bonchev–Trinajstić information content (AvgIpc) is 2.48. The Labute approximate surface area is 129 Å². The highest BCUT2D eigenvalue weighted by molar-refractivity contribution is 6.31. The highest BCUT2D eigenvalue weighted by Crippen LogP contribution is 2.35. The van der Waals surface area contributed by atoms with Gasteiger partial charge in [0.25, 0.3) is 0 Å². The number of rotatable bonds is 1. The van der Waals surface area contributed by atoms with Crippen LogP contribution in [0.25, 0.3) is 5.70 Å². The van der Waals surface area contributed by atoms with Gasteiger partial charge in [-0.1, -0.05) is 18.2 Å². The lowest BCUT2D eigenvalue weighted by molar-refractivity contribution is 0.204. The number of hydrazone groups is 1. The summed E-state index contributed by atoms with van der Waals surface area (Å²) >= 11 is 6.06. The third kappa shape index (κ3) is 2.54. The number of hydrogen-bond donors (Lipinski definition) is 0. The third-order valence-corrected chi connectivity index (χ3v) is 4.10. The topological polar surface area (TPSA) is 34.4 Å². The number of hydrogen-bond acceptors (Lipinski definition) is 5. The van der Waals surface area contributed by atoms with E-state index in [9.17, 15) is 0 Å². The first-order valence-corrected chi connectivity index (χ1v) is 7.25. The lowest BCUT2D eigenvalue weighted by Crippen LogP contribution is -2.51. The molecule has 0 N–H and O–H groups in total. The lowest BCUT2D eigenvalue weighted by atomic mass is 10.1. The van der Waals surface area contributed by atoms with Gasteiger partial charge in [0.05, 0.1) is 11.4 Å². The summed E-state index contributed by atoms with van der Waals surface area (Å²) in [5.74, 6) is 0.790. The average molecular weight is 304 g/mol. The Bertz CT molecular complexity index is 616. The van der Waals surface area contributed by atoms with Gasteiger partial charge in [-0.15, -0.1) is 0 Å². The van der Waals surface area contributed by atoms with Crippen LogP contribution in [0.1, 0.15) is 5.56 Å². The van der Waals surface area contributed by atoms with Crippen LogP contribution < -0.4 is 0 Å². The fourth-order valence-corrected chi connectivity index (χ4v) is 2.76. The standard InChI is InChI=1S/C15H18ClN5/c1-11-13-10-12(16)4-5-14(13)18-15(21(11)17-2)20-8-6-19(3)7-9-20/h4-5,10H,1-2,6-9H2,3H3. The summed E-state index contributed by atoms with van der Waals surface area (Å²) in [5, 5.41) is 6.45. The van der Waals surface area contributed by atoms with Gasteiger partial charge in [0.15, 0.2) is 0 Å². The van der Waals surface area contributed by atoms with E-state index >= 15 is 0 Å². The molecule has 5 nitrogen and oxygen atoms in total. The maximum absolute atomic E-state index is 6.06. The maximum Gasteiger partial charge on any atom is 0.227 e. The molecular formula is C15H18ClN5. The number of likely N-dealkylation sites (N-methyl/N-ethyl adjacent to an activating group) is 1. The molecule has 2 aliphatic heterocycles. The van der Waals surface area contributed by atoms with Crippen molar-refractivity contribution in [3.05, 3.63) is 35.4 Å². The van der Waals surface area contributed by atoms with Crippen molar-refractivity contribution in [1.82, 2.24) is 14.8 Å². The summed E-state index contributed by atoms with van der Waals surface area (Å²) in [6.45, 7) is 11.6. The minimum absolute atomic E-state index is 0.664. The van der Waals surface area contributed by atoms with Crippen molar-refractivity contribution < 1.29 is 0 Å². The Hall–Kier alpha value is -1.85. The zero-order chi connectivity index (χ0) is 15.0. The Morgan fingerprint density at radius 1 is 1.24 bits per heavy atom. The molecule has 0 radical (unpaired) electrons. The molecule has 0 aliphatic carbocycles. The molecule has 110 valence electrons. The number of nitrogens with zero attached hydrogens (tertiary/aromatic N) is 5. The van der Waals surface area contributed by atoms with E-state index in [1.165, 1.54) is 0 Å². The second-order valence-corrected chi connectivity index (χ2v) is 5.70. The van der Waals surface area contributed by atoms with E-state index in [0.717, 1.165) is 49.1 Å². The molecule has 1 aromatic rings. The first-order chi connectivity index (χ1) is 10.1. The summed E-state index contributed by atoms with van der Waals surface area (Å²) in [4.78, 5) is 9.25. The molecule has 0 aromatic heterocycles. The molecule has 6 heteroatoms. The van der Waals surface area contributed by atoms with Crippen molar-refractivity contribution >= 4 is 35.7 Å². The second-order valence-electron chi connectivity index (χ2n) is 5.26. The Morgan fingerprint density at radius 2 is 1.95 bits per heavy atom. The summed E-state index contributed by atoms with van der Waals surface area (Å²) < 4.78 is 0. The van der Waals surface area contributed by atoms with Gasteiger partial charge in [0.1, 0.15) is 0 Å². The monoisotopic (exact) mass is 303 g/mol. The molecule has 1 saturated heterocycles. The van der Waals surface area contributed by atoms with Gasteiger partial charge in [0, 0.05) is 43.5 Å². The fourth-order valence-electron chi connectivity index (χ4n) is 2.59. The van der Waals surface area contributed by atoms with Crippen molar-refractivity contribution in [1.29, 1.82) is 0 Å². The zero-order valence-corrected chi connectivity index (χ0v) is 12.8. The number of fused-ring (bicyclic) bond motifs is 1. The van der Waals surface area contributed by atoms with E-state index in [1.807, 2.05) is 18.2 Å². The van der Waals surface area contributed by atoms with E-state index in [2.05, 4.69) is 35.2 Å². The predicted octanol–water partition coefficient (Wildman–Crippen LogP) is 2.48. The van der Waals surface area contributed by atoms with Crippen molar-refractivity contribution in [3.63, 3.8) is 0 Å². The van der Waals surface area contributed by atoms with Gasteiger partial charge < -0.3 is 9.80 Å². The molecule has 0 amide bonds. The second kappa shape index (κ2) is 5.50. The molecule has 0 bridgehead atoms. The quantitative estimate of drug-likeness (QED) is 0.748. The van der Waals surface area contributed by atoms with Crippen LogP contribution >= 0.6 is 11.6 Å². The molecule has 1 aromatic carbocycles. The van der Waals surface area contributed by atoms with Crippen LogP contribution in [0.15, 0.2) is 34.9 Å². The van der Waals surface area contributed by atoms with Crippen LogP contribution in [0.4, 0.5) is 5.69 Å². The minimum Gasteiger partial charge on any atom is -0.338 e. The molecule has 2 heterocycles. The molecule has 1 fully saturated rings. The number of piperazine rings is 1. The SMILES string of the molecule is C=NN1C(=C)c2cc(Cl)ccc2N=C1N1CCN(C)CC1. The fraction of sp³-hybridized carbons (Fsp3) is 0.333. The van der Waals surface area contributed by atoms with Crippen LogP contribution in [0, 0.1) is 0 Å². The van der Waals surface area contributed by atoms with Crippen LogP contribution in [0.5, 0.6) is 0 Å². The molecular weight excluding hydrogens is 286 g/mol. The summed E-state index contributed by atoms with van der Waals surface area (Å²) in [6, 6.07) is 5.62. The first kappa shape index (κ1) is 14.1. The molecule has 0 atom stereocenters. The largest absolute Gasteiger partial charge is 0.338 e. The van der Waals surface area contributed by atoms with E-state index in [1.54, 1.807) is 5.01 Å². The zero-order valence-electron chi connectivity index (χ0n) is 12.1. The van der Waals surface area contributed by atoms with Crippen molar-refractivity contribution in [2.24, 2.45) is 10.1 Å². The third-order valence-electron chi connectivity index (χ3n) is 3.86. The van der Waals surface area contributed by atoms with Gasteiger partial charge in [-0.3, -0.25) is 0 Å². The number of halogens is 1. The van der Waals surface area contributed by atoms with E-state index in [0.29, 0.717) is 5.02 Å². The van der Waals surface area contributed by atoms with E-state index < -0.39 is 0 Å². The van der Waals surface area contributed by atoms with Gasteiger partial charge >= 0.3 is 0 Å². The molecule has 0 spiro atoms. The smallest absolute Gasteiger partial charge is 0.227 e. The highest BCUT2D eigenvalue weighted by atomic mass is 35.5. The van der Waals surface area contributed by atoms with Crippen LogP contribution in [-0.2, 0) is 0 Å². The normalized spacial score (nSPS) is 19.3. The maximum atomic E-state index is 6.06. The molecule has 2 aliphatic rings. The number of aliphatic imine (C=N–C) groups is 1. The predicted molar refractivity (Wildman–Crippen MR) is 88.0 cm³/mol. The van der Waals surface area contributed by atoms with Crippen LogP contribution in [-0.4, -0.2) is 60.7 Å². The molecule has 0 unspecified atom stereocenters. The first-order valence-electron chi connectivity index (χ1n) is 6.88. The molecule has 3 rings (SSSR count). The van der Waals surface area contributed by atoms with Gasteiger partial charge in [0.2, 0.25) is 5.96 Å². The van der Waals surface area contributed by atoms with Crippen molar-refractivity contribution in [2.45, 2.75) is 0 Å². The molecule has 0 saturated carbocycles. The van der Waals surface area contributed by atoms with E-state index in [-0.39, 0.29) is 0 Å². The Morgan fingerprint density at radius 3 is 2.62 bits per heavy atom. The van der Waals surface area contributed by atoms with Crippen molar-refractivity contribution in [3.8, 4) is 0 Å².